The highest BCUT2D eigenvalue weighted by Gasteiger charge is 2.13. The van der Waals surface area contributed by atoms with E-state index >= 15 is 0 Å². The minimum Gasteiger partial charge on any atom is -0.335 e. The van der Waals surface area contributed by atoms with Crippen molar-refractivity contribution >= 4 is 22.7 Å². The molecule has 130 valence electrons. The summed E-state index contributed by atoms with van der Waals surface area (Å²) < 4.78 is 1.61. The summed E-state index contributed by atoms with van der Waals surface area (Å²) in [4.78, 5) is 15.2. The SMILES string of the molecule is C/C(=N\Oc1ccc2nnc(C)n2n1)c1sc(-c2cccnc2)nc1C. The minimum absolute atomic E-state index is 0.370. The van der Waals surface area contributed by atoms with Gasteiger partial charge in [-0.25, -0.2) is 4.98 Å². The molecule has 0 bridgehead atoms. The number of rotatable bonds is 4. The van der Waals surface area contributed by atoms with Crippen LogP contribution >= 0.6 is 11.3 Å². The van der Waals surface area contributed by atoms with Gasteiger partial charge in [0.25, 0.3) is 5.88 Å². The average Bonchev–Trinajstić information content (AvgIpc) is 3.24. The van der Waals surface area contributed by atoms with Gasteiger partial charge in [-0.3, -0.25) is 4.98 Å². The van der Waals surface area contributed by atoms with Gasteiger partial charge in [0.05, 0.1) is 16.3 Å². The summed E-state index contributed by atoms with van der Waals surface area (Å²) in [6.45, 7) is 5.66. The summed E-state index contributed by atoms with van der Waals surface area (Å²) >= 11 is 1.55. The molecule has 0 radical (unpaired) electrons. The number of nitrogens with zero attached hydrogens (tertiary/aromatic N) is 7. The molecule has 0 aliphatic carbocycles. The molecule has 0 aliphatic heterocycles. The molecule has 0 atom stereocenters. The topological polar surface area (TPSA) is 90.5 Å². The van der Waals surface area contributed by atoms with E-state index in [1.165, 1.54) is 0 Å². The molecular formula is C17H15N7OS. The van der Waals surface area contributed by atoms with Gasteiger partial charge < -0.3 is 4.84 Å². The Hall–Kier alpha value is -3.20. The smallest absolute Gasteiger partial charge is 0.266 e. The third kappa shape index (κ3) is 3.04. The Balaban J connectivity index is 1.59. The van der Waals surface area contributed by atoms with Crippen LogP contribution in [0, 0.1) is 13.8 Å². The van der Waals surface area contributed by atoms with Gasteiger partial charge in [0.1, 0.15) is 5.01 Å². The molecule has 0 amide bonds. The number of fused-ring (bicyclic) bond motifs is 1. The molecule has 0 spiro atoms. The molecule has 0 aromatic carbocycles. The highest BCUT2D eigenvalue weighted by Crippen LogP contribution is 2.27. The van der Waals surface area contributed by atoms with Crippen molar-refractivity contribution in [2.24, 2.45) is 5.16 Å². The molecule has 0 fully saturated rings. The van der Waals surface area contributed by atoms with E-state index in [0.717, 1.165) is 26.9 Å². The molecule has 0 saturated heterocycles. The van der Waals surface area contributed by atoms with Gasteiger partial charge in [-0.15, -0.1) is 26.6 Å². The van der Waals surface area contributed by atoms with Crippen LogP contribution in [-0.2, 0) is 0 Å². The number of pyridine rings is 1. The lowest BCUT2D eigenvalue weighted by molar-refractivity contribution is 0.321. The zero-order chi connectivity index (χ0) is 18.1. The van der Waals surface area contributed by atoms with Crippen molar-refractivity contribution in [3.63, 3.8) is 0 Å². The highest BCUT2D eigenvalue weighted by atomic mass is 32.1. The molecule has 0 unspecified atom stereocenters. The third-order valence-corrected chi connectivity index (χ3v) is 5.02. The van der Waals surface area contributed by atoms with Crippen molar-refractivity contribution in [3.8, 4) is 16.5 Å². The van der Waals surface area contributed by atoms with Crippen LogP contribution in [0.1, 0.15) is 23.3 Å². The van der Waals surface area contributed by atoms with Crippen LogP contribution in [0.4, 0.5) is 0 Å². The van der Waals surface area contributed by atoms with Gasteiger partial charge in [-0.1, -0.05) is 5.16 Å². The number of oxime groups is 1. The molecule has 9 heteroatoms. The van der Waals surface area contributed by atoms with Crippen LogP contribution in [0.25, 0.3) is 16.2 Å². The summed E-state index contributed by atoms with van der Waals surface area (Å²) in [7, 11) is 0. The fourth-order valence-corrected chi connectivity index (χ4v) is 3.42. The first-order valence-electron chi connectivity index (χ1n) is 7.90. The summed E-state index contributed by atoms with van der Waals surface area (Å²) in [6.07, 6.45) is 3.54. The van der Waals surface area contributed by atoms with Crippen molar-refractivity contribution in [1.29, 1.82) is 0 Å². The number of hydrogen-bond acceptors (Lipinski definition) is 8. The summed E-state index contributed by atoms with van der Waals surface area (Å²) in [5.41, 5.74) is 3.28. The summed E-state index contributed by atoms with van der Waals surface area (Å²) in [6, 6.07) is 7.37. The molecule has 4 aromatic heterocycles. The fourth-order valence-electron chi connectivity index (χ4n) is 2.43. The normalized spacial score (nSPS) is 11.9. The Kier molecular flexibility index (Phi) is 4.13. The second kappa shape index (κ2) is 6.60. The average molecular weight is 365 g/mol. The maximum Gasteiger partial charge on any atom is 0.266 e. The Morgan fingerprint density at radius 2 is 2.08 bits per heavy atom. The molecule has 0 saturated carbocycles. The molecule has 4 heterocycles. The lowest BCUT2D eigenvalue weighted by atomic mass is 10.3. The van der Waals surface area contributed by atoms with Gasteiger partial charge in [0.15, 0.2) is 11.5 Å². The molecule has 8 nitrogen and oxygen atoms in total. The second-order valence-corrected chi connectivity index (χ2v) is 6.63. The lowest BCUT2D eigenvalue weighted by Gasteiger charge is -2.01. The fraction of sp³-hybridized carbons (Fsp3) is 0.176. The van der Waals surface area contributed by atoms with Crippen molar-refractivity contribution in [2.45, 2.75) is 20.8 Å². The van der Waals surface area contributed by atoms with Gasteiger partial charge in [-0.05, 0) is 39.0 Å². The molecule has 4 rings (SSSR count). The zero-order valence-corrected chi connectivity index (χ0v) is 15.2. The molecular weight excluding hydrogens is 350 g/mol. The van der Waals surface area contributed by atoms with E-state index < -0.39 is 0 Å². The van der Waals surface area contributed by atoms with Crippen LogP contribution < -0.4 is 4.84 Å². The van der Waals surface area contributed by atoms with E-state index in [0.29, 0.717) is 17.4 Å². The maximum atomic E-state index is 5.49. The Bertz CT molecular complexity index is 1100. The van der Waals surface area contributed by atoms with E-state index in [2.05, 4.69) is 30.4 Å². The Morgan fingerprint density at radius 3 is 2.88 bits per heavy atom. The number of thiazole rings is 1. The Morgan fingerprint density at radius 1 is 1.19 bits per heavy atom. The van der Waals surface area contributed by atoms with Crippen LogP contribution in [0.5, 0.6) is 5.88 Å². The molecule has 26 heavy (non-hydrogen) atoms. The number of hydrogen-bond donors (Lipinski definition) is 0. The number of aromatic nitrogens is 6. The van der Waals surface area contributed by atoms with Gasteiger partial charge >= 0.3 is 0 Å². The molecule has 0 aliphatic rings. The zero-order valence-electron chi connectivity index (χ0n) is 14.4. The standard InChI is InChI=1S/C17H15N7OS/c1-10-16(26-17(19-10)13-5-4-8-18-9-13)11(2)23-25-15-7-6-14-21-20-12(3)24(14)22-15/h4-9H,1-3H3/b23-11+. The minimum atomic E-state index is 0.370. The van der Waals surface area contributed by atoms with Crippen LogP contribution in [-0.4, -0.2) is 35.5 Å². The van der Waals surface area contributed by atoms with Crippen LogP contribution in [0.2, 0.25) is 0 Å². The summed E-state index contributed by atoms with van der Waals surface area (Å²) in [5, 5.41) is 17.4. The maximum absolute atomic E-state index is 5.49. The quantitative estimate of drug-likeness (QED) is 0.408. The van der Waals surface area contributed by atoms with E-state index in [9.17, 15) is 0 Å². The van der Waals surface area contributed by atoms with E-state index in [1.54, 1.807) is 40.4 Å². The highest BCUT2D eigenvalue weighted by molar-refractivity contribution is 7.17. The number of aryl methyl sites for hydroxylation is 2. The van der Waals surface area contributed by atoms with Gasteiger partial charge in [0.2, 0.25) is 0 Å². The molecule has 4 aromatic rings. The first kappa shape index (κ1) is 16.3. The second-order valence-electron chi connectivity index (χ2n) is 5.63. The van der Waals surface area contributed by atoms with Crippen LogP contribution in [0.3, 0.4) is 0 Å². The largest absolute Gasteiger partial charge is 0.335 e. The van der Waals surface area contributed by atoms with Crippen molar-refractivity contribution in [3.05, 3.63) is 53.1 Å². The van der Waals surface area contributed by atoms with Crippen molar-refractivity contribution in [1.82, 2.24) is 29.8 Å². The van der Waals surface area contributed by atoms with Crippen molar-refractivity contribution in [2.75, 3.05) is 0 Å². The van der Waals surface area contributed by atoms with Gasteiger partial charge in [0, 0.05) is 24.0 Å². The summed E-state index contributed by atoms with van der Waals surface area (Å²) in [5.74, 6) is 1.06. The van der Waals surface area contributed by atoms with Crippen LogP contribution in [0.15, 0.2) is 41.8 Å². The lowest BCUT2D eigenvalue weighted by Crippen LogP contribution is -2.01. The van der Waals surface area contributed by atoms with E-state index in [-0.39, 0.29) is 0 Å². The monoisotopic (exact) mass is 365 g/mol. The van der Waals surface area contributed by atoms with Gasteiger partial charge in [-0.2, -0.15) is 4.52 Å². The Labute approximate surface area is 153 Å². The first-order chi connectivity index (χ1) is 12.6. The third-order valence-electron chi connectivity index (χ3n) is 3.70. The van der Waals surface area contributed by atoms with Crippen molar-refractivity contribution < 1.29 is 4.84 Å². The predicted molar refractivity (Wildman–Crippen MR) is 98.4 cm³/mol. The van der Waals surface area contributed by atoms with E-state index in [4.69, 9.17) is 4.84 Å². The molecule has 0 N–H and O–H groups in total. The van der Waals surface area contributed by atoms with E-state index in [1.807, 2.05) is 32.9 Å². The first-order valence-corrected chi connectivity index (χ1v) is 8.72. The predicted octanol–water partition coefficient (Wildman–Crippen LogP) is 3.06.